The minimum atomic E-state index is -0.571. The Morgan fingerprint density at radius 2 is 2.05 bits per heavy atom. The van der Waals surface area contributed by atoms with Gasteiger partial charge in [-0.2, -0.15) is 0 Å². The minimum Gasteiger partial charge on any atom is -0.481 e. The number of allylic oxidation sites excluding steroid dienone is 1. The summed E-state index contributed by atoms with van der Waals surface area (Å²) in [5, 5.41) is 9.36. The maximum absolute atomic E-state index is 11.4. The van der Waals surface area contributed by atoms with E-state index in [1.54, 1.807) is 0 Å². The van der Waals surface area contributed by atoms with E-state index >= 15 is 0 Å². The van der Waals surface area contributed by atoms with Gasteiger partial charge >= 0.3 is 5.97 Å². The summed E-state index contributed by atoms with van der Waals surface area (Å²) in [4.78, 5) is 11.4. The highest BCUT2D eigenvalue weighted by Crippen LogP contribution is 2.40. The lowest BCUT2D eigenvalue weighted by Crippen LogP contribution is -2.32. The van der Waals surface area contributed by atoms with Crippen molar-refractivity contribution < 1.29 is 9.90 Å². The first kappa shape index (κ1) is 16.3. The summed E-state index contributed by atoms with van der Waals surface area (Å²) in [5.41, 5.74) is 0. The van der Waals surface area contributed by atoms with Gasteiger partial charge < -0.3 is 5.11 Å². The van der Waals surface area contributed by atoms with E-state index in [0.717, 1.165) is 38.0 Å². The SMILES string of the molecule is C=CCCCCCC1CC(C(C)C)CCC1C(=O)O. The van der Waals surface area contributed by atoms with Crippen LogP contribution in [0, 0.1) is 23.7 Å². The first-order valence-electron chi connectivity index (χ1n) is 7.90. The Balaban J connectivity index is 2.42. The topological polar surface area (TPSA) is 37.3 Å². The maximum Gasteiger partial charge on any atom is 0.306 e. The van der Waals surface area contributed by atoms with E-state index in [0.29, 0.717) is 11.8 Å². The van der Waals surface area contributed by atoms with Crippen LogP contribution in [0.3, 0.4) is 0 Å². The fraction of sp³-hybridized carbons (Fsp3) is 0.824. The molecule has 0 heterocycles. The molecule has 1 rings (SSSR count). The smallest absolute Gasteiger partial charge is 0.306 e. The van der Waals surface area contributed by atoms with Crippen molar-refractivity contribution in [3.05, 3.63) is 12.7 Å². The fourth-order valence-electron chi connectivity index (χ4n) is 3.42. The van der Waals surface area contributed by atoms with E-state index in [2.05, 4.69) is 20.4 Å². The molecule has 2 heteroatoms. The second kappa shape index (κ2) is 8.39. The van der Waals surface area contributed by atoms with Crippen LogP contribution in [0.15, 0.2) is 12.7 Å². The van der Waals surface area contributed by atoms with E-state index in [-0.39, 0.29) is 5.92 Å². The molecule has 3 atom stereocenters. The molecule has 0 spiro atoms. The third-order valence-electron chi connectivity index (χ3n) is 4.77. The molecule has 1 N–H and O–H groups in total. The molecular formula is C17H30O2. The predicted molar refractivity (Wildman–Crippen MR) is 80.1 cm³/mol. The normalized spacial score (nSPS) is 27.4. The Morgan fingerprint density at radius 1 is 1.32 bits per heavy atom. The van der Waals surface area contributed by atoms with Crippen molar-refractivity contribution in [2.45, 2.75) is 65.2 Å². The molecule has 0 aliphatic heterocycles. The molecule has 3 unspecified atom stereocenters. The van der Waals surface area contributed by atoms with E-state index in [1.165, 1.54) is 19.3 Å². The fourth-order valence-corrected chi connectivity index (χ4v) is 3.42. The van der Waals surface area contributed by atoms with Crippen LogP contribution in [0.1, 0.15) is 65.2 Å². The molecule has 1 aliphatic rings. The molecule has 1 fully saturated rings. The molecule has 0 bridgehead atoms. The number of aliphatic carboxylic acids is 1. The largest absolute Gasteiger partial charge is 0.481 e. The molecule has 1 aliphatic carbocycles. The Kier molecular flexibility index (Phi) is 7.19. The zero-order chi connectivity index (χ0) is 14.3. The summed E-state index contributed by atoms with van der Waals surface area (Å²) in [6, 6.07) is 0. The van der Waals surface area contributed by atoms with Crippen LogP contribution in [0.5, 0.6) is 0 Å². The number of carboxylic acids is 1. The highest BCUT2D eigenvalue weighted by molar-refractivity contribution is 5.70. The molecule has 2 nitrogen and oxygen atoms in total. The van der Waals surface area contributed by atoms with Gasteiger partial charge in [-0.25, -0.2) is 0 Å². The third kappa shape index (κ3) is 5.38. The van der Waals surface area contributed by atoms with Gasteiger partial charge in [-0.15, -0.1) is 6.58 Å². The average molecular weight is 266 g/mol. The Hall–Kier alpha value is -0.790. The molecule has 1 saturated carbocycles. The second-order valence-electron chi connectivity index (χ2n) is 6.45. The standard InChI is InChI=1S/C17H30O2/c1-4-5-6-7-8-9-15-12-14(13(2)3)10-11-16(15)17(18)19/h4,13-16H,1,5-12H2,2-3H3,(H,18,19). The van der Waals surface area contributed by atoms with Crippen LogP contribution in [0.2, 0.25) is 0 Å². The molecule has 0 radical (unpaired) electrons. The molecule has 110 valence electrons. The van der Waals surface area contributed by atoms with E-state index in [4.69, 9.17) is 0 Å². The van der Waals surface area contributed by atoms with E-state index < -0.39 is 5.97 Å². The van der Waals surface area contributed by atoms with Crippen LogP contribution >= 0.6 is 0 Å². The second-order valence-corrected chi connectivity index (χ2v) is 6.45. The van der Waals surface area contributed by atoms with Crippen molar-refractivity contribution in [1.82, 2.24) is 0 Å². The summed E-state index contributed by atoms with van der Waals surface area (Å²) in [6.07, 6.45) is 10.8. The summed E-state index contributed by atoms with van der Waals surface area (Å²) in [7, 11) is 0. The van der Waals surface area contributed by atoms with Crippen molar-refractivity contribution in [2.75, 3.05) is 0 Å². The van der Waals surface area contributed by atoms with E-state index in [9.17, 15) is 9.90 Å². The van der Waals surface area contributed by atoms with Gasteiger partial charge in [0.2, 0.25) is 0 Å². The minimum absolute atomic E-state index is 0.0885. The van der Waals surface area contributed by atoms with Gasteiger partial charge in [0.15, 0.2) is 0 Å². The monoisotopic (exact) mass is 266 g/mol. The number of unbranched alkanes of at least 4 members (excludes halogenated alkanes) is 3. The lowest BCUT2D eigenvalue weighted by atomic mass is 9.69. The zero-order valence-corrected chi connectivity index (χ0v) is 12.6. The van der Waals surface area contributed by atoms with Crippen molar-refractivity contribution >= 4 is 5.97 Å². The Labute approximate surface area is 118 Å². The molecule has 0 aromatic rings. The molecule has 0 aromatic heterocycles. The van der Waals surface area contributed by atoms with Crippen molar-refractivity contribution in [3.63, 3.8) is 0 Å². The molecule has 0 amide bonds. The Bertz CT molecular complexity index is 283. The van der Waals surface area contributed by atoms with Gasteiger partial charge in [-0.3, -0.25) is 4.79 Å². The number of carboxylic acid groups (broad SMARTS) is 1. The van der Waals surface area contributed by atoms with Gasteiger partial charge in [0.1, 0.15) is 0 Å². The first-order valence-corrected chi connectivity index (χ1v) is 7.90. The predicted octanol–water partition coefficient (Wildman–Crippen LogP) is 4.90. The van der Waals surface area contributed by atoms with Crippen LogP contribution < -0.4 is 0 Å². The van der Waals surface area contributed by atoms with Crippen LogP contribution in [0.4, 0.5) is 0 Å². The van der Waals surface area contributed by atoms with Gasteiger partial charge in [0.25, 0.3) is 0 Å². The van der Waals surface area contributed by atoms with Gasteiger partial charge in [0, 0.05) is 0 Å². The number of rotatable bonds is 8. The lowest BCUT2D eigenvalue weighted by molar-refractivity contribution is -0.145. The lowest BCUT2D eigenvalue weighted by Gasteiger charge is -2.36. The molecular weight excluding hydrogens is 236 g/mol. The maximum atomic E-state index is 11.4. The highest BCUT2D eigenvalue weighted by Gasteiger charge is 2.35. The highest BCUT2D eigenvalue weighted by atomic mass is 16.4. The van der Waals surface area contributed by atoms with Gasteiger partial charge in [-0.05, 0) is 56.3 Å². The third-order valence-corrected chi connectivity index (χ3v) is 4.77. The summed E-state index contributed by atoms with van der Waals surface area (Å²) >= 11 is 0. The number of hydrogen-bond donors (Lipinski definition) is 1. The molecule has 19 heavy (non-hydrogen) atoms. The first-order chi connectivity index (χ1) is 9.06. The van der Waals surface area contributed by atoms with Gasteiger partial charge in [0.05, 0.1) is 5.92 Å². The van der Waals surface area contributed by atoms with Gasteiger partial charge in [-0.1, -0.05) is 32.8 Å². The summed E-state index contributed by atoms with van der Waals surface area (Å²) in [6.45, 7) is 8.28. The van der Waals surface area contributed by atoms with Crippen molar-refractivity contribution in [2.24, 2.45) is 23.7 Å². The van der Waals surface area contributed by atoms with Crippen LogP contribution in [-0.4, -0.2) is 11.1 Å². The number of hydrogen-bond acceptors (Lipinski definition) is 1. The van der Waals surface area contributed by atoms with Crippen molar-refractivity contribution in [3.8, 4) is 0 Å². The van der Waals surface area contributed by atoms with Crippen molar-refractivity contribution in [1.29, 1.82) is 0 Å². The Morgan fingerprint density at radius 3 is 2.63 bits per heavy atom. The molecule has 0 saturated heterocycles. The quantitative estimate of drug-likeness (QED) is 0.501. The number of carbonyl (C=O) groups is 1. The summed E-state index contributed by atoms with van der Waals surface area (Å²) in [5.74, 6) is 1.17. The summed E-state index contributed by atoms with van der Waals surface area (Å²) < 4.78 is 0. The zero-order valence-electron chi connectivity index (χ0n) is 12.6. The average Bonchev–Trinajstić information content (AvgIpc) is 2.38. The van der Waals surface area contributed by atoms with E-state index in [1.807, 2.05) is 6.08 Å². The van der Waals surface area contributed by atoms with Crippen LogP contribution in [0.25, 0.3) is 0 Å². The molecule has 0 aromatic carbocycles. The van der Waals surface area contributed by atoms with Crippen LogP contribution in [-0.2, 0) is 4.79 Å².